The molecule has 0 spiro atoms. The molecule has 170 valence electrons. The maximum Gasteiger partial charge on any atom is 0.336 e. The van der Waals surface area contributed by atoms with E-state index in [0.29, 0.717) is 34.8 Å². The third-order valence-electron chi connectivity index (χ3n) is 6.21. The van der Waals surface area contributed by atoms with Gasteiger partial charge in [-0.25, -0.2) is 4.79 Å². The predicted molar refractivity (Wildman–Crippen MR) is 130 cm³/mol. The average Bonchev–Trinajstić information content (AvgIpc) is 3.14. The highest BCUT2D eigenvalue weighted by Gasteiger charge is 2.43. The number of ketones is 1. The van der Waals surface area contributed by atoms with Gasteiger partial charge in [-0.3, -0.25) is 4.79 Å². The first-order valence-corrected chi connectivity index (χ1v) is 11.4. The summed E-state index contributed by atoms with van der Waals surface area (Å²) in [7, 11) is 0. The Bertz CT molecular complexity index is 1340. The molecule has 0 unspecified atom stereocenters. The fraction of sp³-hybridized carbons (Fsp3) is 0.172. The average molecular weight is 452 g/mol. The number of carbonyl (C=O) groups is 2. The van der Waals surface area contributed by atoms with Crippen LogP contribution in [0.15, 0.2) is 95.7 Å². The summed E-state index contributed by atoms with van der Waals surface area (Å²) in [5, 5.41) is 3.33. The highest BCUT2D eigenvalue weighted by Crippen LogP contribution is 2.48. The van der Waals surface area contributed by atoms with Gasteiger partial charge in [0.05, 0.1) is 23.8 Å². The van der Waals surface area contributed by atoms with Gasteiger partial charge in [-0.05, 0) is 25.5 Å². The van der Waals surface area contributed by atoms with Crippen molar-refractivity contribution >= 4 is 17.4 Å². The van der Waals surface area contributed by atoms with E-state index in [0.717, 1.165) is 22.4 Å². The Kier molecular flexibility index (Phi) is 5.76. The SMILES string of the molecule is CCOC(=O)C1=C(C)NC2=C(C(=O)c3ccccc32)[C@H]1c1ccccc1OCc1ccccc1. The Morgan fingerprint density at radius 1 is 0.912 bits per heavy atom. The first kappa shape index (κ1) is 21.7. The number of rotatable bonds is 6. The highest BCUT2D eigenvalue weighted by molar-refractivity contribution is 6.23. The third-order valence-corrected chi connectivity index (χ3v) is 6.21. The van der Waals surface area contributed by atoms with Gasteiger partial charge in [0.25, 0.3) is 0 Å². The second-order valence-electron chi connectivity index (χ2n) is 8.29. The molecule has 0 fully saturated rings. The van der Waals surface area contributed by atoms with Crippen molar-refractivity contribution in [2.24, 2.45) is 0 Å². The molecule has 1 aliphatic heterocycles. The van der Waals surface area contributed by atoms with Crippen molar-refractivity contribution in [2.75, 3.05) is 6.61 Å². The van der Waals surface area contributed by atoms with Crippen molar-refractivity contribution in [1.82, 2.24) is 5.32 Å². The van der Waals surface area contributed by atoms with E-state index in [2.05, 4.69) is 5.32 Å². The molecule has 0 amide bonds. The lowest BCUT2D eigenvalue weighted by atomic mass is 9.79. The molecule has 1 heterocycles. The Hall–Kier alpha value is -4.12. The van der Waals surface area contributed by atoms with Crippen molar-refractivity contribution in [1.29, 1.82) is 0 Å². The van der Waals surface area contributed by atoms with Crippen LogP contribution in [0.5, 0.6) is 5.75 Å². The van der Waals surface area contributed by atoms with Gasteiger partial charge in [0.1, 0.15) is 12.4 Å². The van der Waals surface area contributed by atoms with Gasteiger partial charge in [-0.15, -0.1) is 0 Å². The van der Waals surface area contributed by atoms with Gasteiger partial charge >= 0.3 is 5.97 Å². The number of dihydropyridines is 1. The van der Waals surface area contributed by atoms with Crippen LogP contribution in [0.25, 0.3) is 5.70 Å². The number of esters is 1. The summed E-state index contributed by atoms with van der Waals surface area (Å²) in [6.45, 7) is 4.24. The number of fused-ring (bicyclic) bond motifs is 2. The van der Waals surface area contributed by atoms with Gasteiger partial charge in [0.2, 0.25) is 0 Å². The summed E-state index contributed by atoms with van der Waals surface area (Å²) in [6, 6.07) is 25.0. The van der Waals surface area contributed by atoms with Crippen LogP contribution < -0.4 is 10.1 Å². The van der Waals surface area contributed by atoms with E-state index in [9.17, 15) is 9.59 Å². The molecule has 1 N–H and O–H groups in total. The van der Waals surface area contributed by atoms with E-state index in [1.54, 1.807) is 6.92 Å². The Morgan fingerprint density at radius 2 is 1.59 bits per heavy atom. The number of hydrogen-bond donors (Lipinski definition) is 1. The number of carbonyl (C=O) groups excluding carboxylic acids is 2. The first-order chi connectivity index (χ1) is 16.6. The van der Waals surface area contributed by atoms with E-state index in [4.69, 9.17) is 9.47 Å². The molecule has 5 nitrogen and oxygen atoms in total. The monoisotopic (exact) mass is 451 g/mol. The molecule has 3 aromatic carbocycles. The largest absolute Gasteiger partial charge is 0.489 e. The Balaban J connectivity index is 1.63. The van der Waals surface area contributed by atoms with E-state index in [1.807, 2.05) is 85.8 Å². The maximum absolute atomic E-state index is 13.6. The zero-order valence-corrected chi connectivity index (χ0v) is 19.1. The summed E-state index contributed by atoms with van der Waals surface area (Å²) in [6.07, 6.45) is 0. The molecule has 5 rings (SSSR count). The van der Waals surface area contributed by atoms with E-state index < -0.39 is 11.9 Å². The molecule has 0 bridgehead atoms. The minimum atomic E-state index is -0.609. The zero-order valence-electron chi connectivity index (χ0n) is 19.1. The number of nitrogens with one attached hydrogen (secondary N) is 1. The molecule has 0 saturated carbocycles. The fourth-order valence-corrected chi connectivity index (χ4v) is 4.71. The summed E-state index contributed by atoms with van der Waals surface area (Å²) in [5.41, 5.74) is 5.66. The normalized spacial score (nSPS) is 16.6. The summed E-state index contributed by atoms with van der Waals surface area (Å²) >= 11 is 0. The van der Waals surface area contributed by atoms with Crippen molar-refractivity contribution < 1.29 is 19.1 Å². The molecule has 3 aromatic rings. The van der Waals surface area contributed by atoms with Crippen LogP contribution in [0.4, 0.5) is 0 Å². The van der Waals surface area contributed by atoms with Gasteiger partial charge in [-0.2, -0.15) is 0 Å². The van der Waals surface area contributed by atoms with Gasteiger partial charge in [-0.1, -0.05) is 72.8 Å². The quantitative estimate of drug-likeness (QED) is 0.509. The molecular formula is C29H25NO4. The van der Waals surface area contributed by atoms with E-state index >= 15 is 0 Å². The molecule has 1 aliphatic carbocycles. The number of Topliss-reactive ketones (excluding diaryl/α,β-unsaturated/α-hetero) is 1. The number of benzene rings is 3. The fourth-order valence-electron chi connectivity index (χ4n) is 4.71. The predicted octanol–water partition coefficient (Wildman–Crippen LogP) is 5.40. The number of para-hydroxylation sites is 1. The lowest BCUT2D eigenvalue weighted by Crippen LogP contribution is -2.29. The van der Waals surface area contributed by atoms with Crippen LogP contribution in [0, 0.1) is 0 Å². The summed E-state index contributed by atoms with van der Waals surface area (Å²) < 4.78 is 11.7. The molecule has 0 radical (unpaired) electrons. The standard InChI is InChI=1S/C29H25NO4/c1-3-33-29(32)24-18(2)30-27-20-13-7-8-14-21(20)28(31)26(27)25(24)22-15-9-10-16-23(22)34-17-19-11-5-4-6-12-19/h4-16,25,30H,3,17H2,1-2H3/t25-/m0/s1. The van der Waals surface area contributed by atoms with Crippen molar-refractivity contribution in [3.05, 3.63) is 118 Å². The van der Waals surface area contributed by atoms with Crippen molar-refractivity contribution in [2.45, 2.75) is 26.4 Å². The van der Waals surface area contributed by atoms with Gasteiger partial charge in [0, 0.05) is 28.0 Å². The molecule has 0 aromatic heterocycles. The van der Waals surface area contributed by atoms with Crippen LogP contribution in [-0.4, -0.2) is 18.4 Å². The lowest BCUT2D eigenvalue weighted by Gasteiger charge is -2.30. The van der Waals surface area contributed by atoms with Crippen molar-refractivity contribution in [3.63, 3.8) is 0 Å². The second-order valence-corrected chi connectivity index (χ2v) is 8.29. The smallest absolute Gasteiger partial charge is 0.336 e. The lowest BCUT2D eigenvalue weighted by molar-refractivity contribution is -0.138. The summed E-state index contributed by atoms with van der Waals surface area (Å²) in [4.78, 5) is 26.8. The second kappa shape index (κ2) is 9.02. The van der Waals surface area contributed by atoms with Crippen LogP contribution >= 0.6 is 0 Å². The van der Waals surface area contributed by atoms with Gasteiger partial charge < -0.3 is 14.8 Å². The minimum absolute atomic E-state index is 0.0877. The van der Waals surface area contributed by atoms with E-state index in [-0.39, 0.29) is 12.4 Å². The summed E-state index contributed by atoms with van der Waals surface area (Å²) in [5.74, 6) is -0.508. The molecule has 1 atom stereocenters. The number of hydrogen-bond acceptors (Lipinski definition) is 5. The van der Waals surface area contributed by atoms with Crippen LogP contribution in [-0.2, 0) is 16.1 Å². The topological polar surface area (TPSA) is 64.6 Å². The third kappa shape index (κ3) is 3.69. The van der Waals surface area contributed by atoms with Crippen molar-refractivity contribution in [3.8, 4) is 5.75 Å². The number of ether oxygens (including phenoxy) is 2. The molecule has 2 aliphatic rings. The molecule has 5 heteroatoms. The highest BCUT2D eigenvalue weighted by atomic mass is 16.5. The maximum atomic E-state index is 13.6. The first-order valence-electron chi connectivity index (χ1n) is 11.4. The molecule has 34 heavy (non-hydrogen) atoms. The minimum Gasteiger partial charge on any atom is -0.489 e. The van der Waals surface area contributed by atoms with E-state index in [1.165, 1.54) is 0 Å². The number of allylic oxidation sites excluding steroid dienone is 2. The molecule has 0 saturated heterocycles. The van der Waals surface area contributed by atoms with Crippen LogP contribution in [0.1, 0.15) is 46.8 Å². The van der Waals surface area contributed by atoms with Crippen LogP contribution in [0.3, 0.4) is 0 Å². The Labute approximate surface area is 198 Å². The zero-order chi connectivity index (χ0) is 23.7. The van der Waals surface area contributed by atoms with Crippen LogP contribution in [0.2, 0.25) is 0 Å². The van der Waals surface area contributed by atoms with Gasteiger partial charge in [0.15, 0.2) is 5.78 Å². The molecular weight excluding hydrogens is 426 g/mol. The Morgan fingerprint density at radius 3 is 2.35 bits per heavy atom.